The first-order valence-corrected chi connectivity index (χ1v) is 5.64. The zero-order valence-corrected chi connectivity index (χ0v) is 9.04. The van der Waals surface area contributed by atoms with E-state index in [4.69, 9.17) is 0 Å². The van der Waals surface area contributed by atoms with Gasteiger partial charge in [0.25, 0.3) is 0 Å². The third-order valence-corrected chi connectivity index (χ3v) is 3.19. The van der Waals surface area contributed by atoms with Gasteiger partial charge in [0.15, 0.2) is 0 Å². The molecule has 2 rings (SSSR count). The zero-order valence-electron chi connectivity index (χ0n) is 9.04. The monoisotopic (exact) mass is 208 g/mol. The Bertz CT molecular complexity index is 327. The maximum atomic E-state index is 12.9. The number of hydrogen-bond donors (Lipinski definition) is 1. The lowest BCUT2D eigenvalue weighted by molar-refractivity contribution is 0.349. The number of halogens is 1. The Morgan fingerprint density at radius 1 is 1.40 bits per heavy atom. The van der Waals surface area contributed by atoms with Crippen molar-refractivity contribution < 1.29 is 4.39 Å². The van der Waals surface area contributed by atoms with Gasteiger partial charge in [-0.3, -0.25) is 0 Å². The van der Waals surface area contributed by atoms with E-state index in [9.17, 15) is 4.39 Å². The molecule has 1 N–H and O–H groups in total. The molecule has 0 spiro atoms. The van der Waals surface area contributed by atoms with Gasteiger partial charge < -0.3 is 5.32 Å². The Kier molecular flexibility index (Phi) is 3.19. The Morgan fingerprint density at radius 3 is 2.93 bits per heavy atom. The molecule has 0 saturated heterocycles. The molecule has 0 aliphatic heterocycles. The molecule has 1 aliphatic rings. The van der Waals surface area contributed by atoms with Gasteiger partial charge in [0.1, 0.15) is 0 Å². The first-order valence-electron chi connectivity index (χ1n) is 5.64. The van der Waals surface area contributed by atoms with Crippen LogP contribution in [0.1, 0.15) is 32.6 Å². The van der Waals surface area contributed by atoms with Crippen LogP contribution in [0.25, 0.3) is 0 Å². The first-order chi connectivity index (χ1) is 7.25. The van der Waals surface area contributed by atoms with Crippen molar-refractivity contribution in [2.75, 3.05) is 5.32 Å². The lowest BCUT2D eigenvalue weighted by atomic mass is 9.86. The van der Waals surface area contributed by atoms with Gasteiger partial charge in [-0.15, -0.1) is 0 Å². The Hall–Kier alpha value is -1.12. The summed E-state index contributed by atoms with van der Waals surface area (Å²) in [7, 11) is 0. The largest absolute Gasteiger partial charge is 0.382 e. The highest BCUT2D eigenvalue weighted by Crippen LogP contribution is 2.26. The number of nitrogens with zero attached hydrogens (tertiary/aromatic N) is 1. The second-order valence-corrected chi connectivity index (χ2v) is 4.38. The number of pyridine rings is 1. The second kappa shape index (κ2) is 4.60. The van der Waals surface area contributed by atoms with E-state index in [1.165, 1.54) is 37.9 Å². The standard InChI is InChI=1S/C12H17FN2/c1-9-4-2-3-5-11(9)15-10-6-7-14-12(13)8-10/h6-9,11H,2-5H2,1H3,(H,14,15). The van der Waals surface area contributed by atoms with Gasteiger partial charge in [0, 0.05) is 24.0 Å². The minimum absolute atomic E-state index is 0.413. The van der Waals surface area contributed by atoms with Crippen LogP contribution < -0.4 is 5.32 Å². The predicted octanol–water partition coefficient (Wildman–Crippen LogP) is 3.21. The lowest BCUT2D eigenvalue weighted by Crippen LogP contribution is -2.30. The molecule has 0 aromatic carbocycles. The third kappa shape index (κ3) is 2.67. The highest BCUT2D eigenvalue weighted by molar-refractivity contribution is 5.42. The first kappa shape index (κ1) is 10.4. The van der Waals surface area contributed by atoms with E-state index in [0.29, 0.717) is 12.0 Å². The van der Waals surface area contributed by atoms with E-state index in [1.54, 1.807) is 0 Å². The zero-order chi connectivity index (χ0) is 10.7. The minimum atomic E-state index is -0.413. The summed E-state index contributed by atoms with van der Waals surface area (Å²) in [5, 5.41) is 3.39. The summed E-state index contributed by atoms with van der Waals surface area (Å²) in [4.78, 5) is 3.55. The molecule has 1 saturated carbocycles. The van der Waals surface area contributed by atoms with Gasteiger partial charge in [-0.25, -0.2) is 4.98 Å². The third-order valence-electron chi connectivity index (χ3n) is 3.19. The van der Waals surface area contributed by atoms with E-state index in [2.05, 4.69) is 17.2 Å². The molecule has 2 nitrogen and oxygen atoms in total. The van der Waals surface area contributed by atoms with Crippen LogP contribution in [0.15, 0.2) is 18.3 Å². The fourth-order valence-corrected chi connectivity index (χ4v) is 2.24. The number of anilines is 1. The Morgan fingerprint density at radius 2 is 2.20 bits per heavy atom. The SMILES string of the molecule is CC1CCCCC1Nc1ccnc(F)c1. The maximum absolute atomic E-state index is 12.9. The van der Waals surface area contributed by atoms with E-state index < -0.39 is 5.95 Å². The van der Waals surface area contributed by atoms with Gasteiger partial charge in [0.2, 0.25) is 5.95 Å². The van der Waals surface area contributed by atoms with Crippen molar-refractivity contribution >= 4 is 5.69 Å². The number of nitrogens with one attached hydrogen (secondary N) is 1. The average Bonchev–Trinajstić information content (AvgIpc) is 2.22. The molecule has 1 fully saturated rings. The topological polar surface area (TPSA) is 24.9 Å². The van der Waals surface area contributed by atoms with Crippen LogP contribution in [0, 0.1) is 11.9 Å². The van der Waals surface area contributed by atoms with Gasteiger partial charge in [0.05, 0.1) is 0 Å². The molecule has 1 aliphatic carbocycles. The summed E-state index contributed by atoms with van der Waals surface area (Å²) in [5.74, 6) is 0.262. The minimum Gasteiger partial charge on any atom is -0.382 e. The van der Waals surface area contributed by atoms with Crippen LogP contribution in [0.3, 0.4) is 0 Å². The Labute approximate surface area is 89.9 Å². The number of hydrogen-bond acceptors (Lipinski definition) is 2. The molecule has 1 aromatic heterocycles. The highest BCUT2D eigenvalue weighted by atomic mass is 19.1. The summed E-state index contributed by atoms with van der Waals surface area (Å²) in [6.07, 6.45) is 6.56. The summed E-state index contributed by atoms with van der Waals surface area (Å²) in [5.41, 5.74) is 0.848. The van der Waals surface area contributed by atoms with Crippen molar-refractivity contribution in [3.8, 4) is 0 Å². The van der Waals surface area contributed by atoms with Gasteiger partial charge in [-0.05, 0) is 24.8 Å². The van der Waals surface area contributed by atoms with Crippen LogP contribution >= 0.6 is 0 Å². The molecule has 3 heteroatoms. The fourth-order valence-electron chi connectivity index (χ4n) is 2.24. The molecule has 1 heterocycles. The molecule has 0 bridgehead atoms. The van der Waals surface area contributed by atoms with Crippen molar-refractivity contribution in [3.63, 3.8) is 0 Å². The van der Waals surface area contributed by atoms with E-state index in [1.807, 2.05) is 6.07 Å². The van der Waals surface area contributed by atoms with Gasteiger partial charge in [-0.2, -0.15) is 4.39 Å². The van der Waals surface area contributed by atoms with Crippen molar-refractivity contribution in [2.24, 2.45) is 5.92 Å². The van der Waals surface area contributed by atoms with Crippen LogP contribution in [0.2, 0.25) is 0 Å². The van der Waals surface area contributed by atoms with Crippen LogP contribution in [-0.2, 0) is 0 Å². The maximum Gasteiger partial charge on any atom is 0.214 e. The molecule has 0 amide bonds. The molecule has 0 radical (unpaired) electrons. The molecular formula is C12H17FN2. The van der Waals surface area contributed by atoms with Crippen LogP contribution in [0.5, 0.6) is 0 Å². The Balaban J connectivity index is 2.01. The highest BCUT2D eigenvalue weighted by Gasteiger charge is 2.20. The van der Waals surface area contributed by atoms with Gasteiger partial charge >= 0.3 is 0 Å². The summed E-state index contributed by atoms with van der Waals surface area (Å²) in [6, 6.07) is 3.77. The smallest absolute Gasteiger partial charge is 0.214 e. The average molecular weight is 208 g/mol. The van der Waals surface area contributed by atoms with Gasteiger partial charge in [-0.1, -0.05) is 19.8 Å². The molecule has 2 unspecified atom stereocenters. The second-order valence-electron chi connectivity index (χ2n) is 4.38. The lowest BCUT2D eigenvalue weighted by Gasteiger charge is -2.30. The molecular weight excluding hydrogens is 191 g/mol. The van der Waals surface area contributed by atoms with Crippen molar-refractivity contribution in [3.05, 3.63) is 24.3 Å². The van der Waals surface area contributed by atoms with Crippen LogP contribution in [-0.4, -0.2) is 11.0 Å². The number of rotatable bonds is 2. The summed E-state index contributed by atoms with van der Waals surface area (Å²) < 4.78 is 12.9. The quantitative estimate of drug-likeness (QED) is 0.755. The molecule has 15 heavy (non-hydrogen) atoms. The normalized spacial score (nSPS) is 26.3. The van der Waals surface area contributed by atoms with Crippen molar-refractivity contribution in [1.29, 1.82) is 0 Å². The van der Waals surface area contributed by atoms with E-state index in [-0.39, 0.29) is 0 Å². The summed E-state index contributed by atoms with van der Waals surface area (Å²) in [6.45, 7) is 2.26. The van der Waals surface area contributed by atoms with Crippen LogP contribution in [0.4, 0.5) is 10.1 Å². The number of aromatic nitrogens is 1. The summed E-state index contributed by atoms with van der Waals surface area (Å²) >= 11 is 0. The van der Waals surface area contributed by atoms with E-state index in [0.717, 1.165) is 5.69 Å². The molecule has 1 aromatic rings. The molecule has 2 atom stereocenters. The van der Waals surface area contributed by atoms with Crippen molar-refractivity contribution in [1.82, 2.24) is 4.98 Å². The van der Waals surface area contributed by atoms with E-state index >= 15 is 0 Å². The fraction of sp³-hybridized carbons (Fsp3) is 0.583. The molecule has 82 valence electrons. The predicted molar refractivity (Wildman–Crippen MR) is 59.2 cm³/mol. The van der Waals surface area contributed by atoms with Crippen molar-refractivity contribution in [2.45, 2.75) is 38.6 Å².